The molecule has 0 unspecified atom stereocenters. The van der Waals surface area contributed by atoms with Crippen LogP contribution in [0.2, 0.25) is 0 Å². The highest BCUT2D eigenvalue weighted by molar-refractivity contribution is 9.10. The van der Waals surface area contributed by atoms with Gasteiger partial charge in [-0.1, -0.05) is 12.5 Å². The van der Waals surface area contributed by atoms with Gasteiger partial charge >= 0.3 is 0 Å². The second-order valence-electron chi connectivity index (χ2n) is 3.67. The maximum Gasteiger partial charge on any atom is 0.228 e. The Morgan fingerprint density at radius 3 is 2.93 bits per heavy atom. The van der Waals surface area contributed by atoms with E-state index in [1.54, 1.807) is 4.90 Å². The van der Waals surface area contributed by atoms with E-state index in [0.717, 1.165) is 36.2 Å². The minimum Gasteiger partial charge on any atom is -0.297 e. The zero-order chi connectivity index (χ0) is 10.7. The van der Waals surface area contributed by atoms with Crippen LogP contribution >= 0.6 is 15.9 Å². The highest BCUT2D eigenvalue weighted by Crippen LogP contribution is 2.20. The Balaban J connectivity index is 2.24. The largest absolute Gasteiger partial charge is 0.297 e. The number of hydrogen-bond acceptors (Lipinski definition) is 2. The molecule has 1 fully saturated rings. The fourth-order valence-electron chi connectivity index (χ4n) is 1.77. The SMILES string of the molecule is O=C1CCCCCN1c1cccc(Br)n1. The molecule has 0 bridgehead atoms. The predicted molar refractivity (Wildman–Crippen MR) is 62.8 cm³/mol. The average molecular weight is 269 g/mol. The molecule has 0 aliphatic carbocycles. The summed E-state index contributed by atoms with van der Waals surface area (Å²) in [5.41, 5.74) is 0. The van der Waals surface area contributed by atoms with E-state index in [2.05, 4.69) is 20.9 Å². The van der Waals surface area contributed by atoms with Crippen molar-refractivity contribution in [3.8, 4) is 0 Å². The molecule has 0 N–H and O–H groups in total. The molecule has 1 saturated heterocycles. The predicted octanol–water partition coefficient (Wildman–Crippen LogP) is 2.75. The van der Waals surface area contributed by atoms with E-state index in [9.17, 15) is 4.79 Å². The van der Waals surface area contributed by atoms with E-state index in [1.165, 1.54) is 0 Å². The van der Waals surface area contributed by atoms with Crippen molar-refractivity contribution in [3.63, 3.8) is 0 Å². The Kier molecular flexibility index (Phi) is 3.36. The van der Waals surface area contributed by atoms with Crippen LogP contribution in [-0.2, 0) is 4.79 Å². The van der Waals surface area contributed by atoms with Gasteiger partial charge in [0.15, 0.2) is 0 Å². The van der Waals surface area contributed by atoms with Crippen molar-refractivity contribution in [1.82, 2.24) is 4.98 Å². The van der Waals surface area contributed by atoms with Crippen LogP contribution in [-0.4, -0.2) is 17.4 Å². The number of pyridine rings is 1. The zero-order valence-electron chi connectivity index (χ0n) is 8.45. The molecule has 0 radical (unpaired) electrons. The molecule has 1 aromatic heterocycles. The monoisotopic (exact) mass is 268 g/mol. The topological polar surface area (TPSA) is 33.2 Å². The summed E-state index contributed by atoms with van der Waals surface area (Å²) in [4.78, 5) is 17.9. The summed E-state index contributed by atoms with van der Waals surface area (Å²) >= 11 is 3.32. The van der Waals surface area contributed by atoms with Gasteiger partial charge in [0, 0.05) is 13.0 Å². The van der Waals surface area contributed by atoms with E-state index in [1.807, 2.05) is 18.2 Å². The molecule has 1 amide bonds. The van der Waals surface area contributed by atoms with Gasteiger partial charge in [0.25, 0.3) is 0 Å². The van der Waals surface area contributed by atoms with Crippen molar-refractivity contribution in [2.24, 2.45) is 0 Å². The zero-order valence-corrected chi connectivity index (χ0v) is 10.0. The Morgan fingerprint density at radius 1 is 1.27 bits per heavy atom. The molecule has 0 aromatic carbocycles. The summed E-state index contributed by atoms with van der Waals surface area (Å²) in [6.45, 7) is 0.794. The van der Waals surface area contributed by atoms with E-state index in [4.69, 9.17) is 0 Å². The van der Waals surface area contributed by atoms with Crippen molar-refractivity contribution in [1.29, 1.82) is 0 Å². The van der Waals surface area contributed by atoms with Crippen LogP contribution < -0.4 is 4.90 Å². The minimum absolute atomic E-state index is 0.193. The number of carbonyl (C=O) groups is 1. The summed E-state index contributed by atoms with van der Waals surface area (Å²) in [6.07, 6.45) is 3.85. The number of carbonyl (C=O) groups excluding carboxylic acids is 1. The van der Waals surface area contributed by atoms with Gasteiger partial charge in [0.05, 0.1) is 0 Å². The smallest absolute Gasteiger partial charge is 0.228 e. The Hall–Kier alpha value is -0.900. The molecule has 4 heteroatoms. The molecular weight excluding hydrogens is 256 g/mol. The first-order chi connectivity index (χ1) is 7.27. The molecule has 80 valence electrons. The number of anilines is 1. The van der Waals surface area contributed by atoms with Crippen molar-refractivity contribution < 1.29 is 4.79 Å². The Labute approximate surface area is 97.6 Å². The molecule has 1 aliphatic heterocycles. The van der Waals surface area contributed by atoms with Crippen LogP contribution in [0, 0.1) is 0 Å². The lowest BCUT2D eigenvalue weighted by atomic mass is 10.2. The second-order valence-corrected chi connectivity index (χ2v) is 4.49. The summed E-state index contributed by atoms with van der Waals surface area (Å²) in [5, 5.41) is 0. The van der Waals surface area contributed by atoms with Gasteiger partial charge in [-0.05, 0) is 40.9 Å². The molecule has 2 rings (SSSR count). The van der Waals surface area contributed by atoms with Crippen LogP contribution in [0.15, 0.2) is 22.8 Å². The lowest BCUT2D eigenvalue weighted by Gasteiger charge is -2.19. The maximum atomic E-state index is 11.8. The first-order valence-corrected chi connectivity index (χ1v) is 5.99. The maximum absolute atomic E-state index is 11.8. The molecule has 15 heavy (non-hydrogen) atoms. The van der Waals surface area contributed by atoms with Crippen LogP contribution in [0.25, 0.3) is 0 Å². The third-order valence-electron chi connectivity index (χ3n) is 2.55. The molecule has 1 aliphatic rings. The van der Waals surface area contributed by atoms with Gasteiger partial charge in [-0.15, -0.1) is 0 Å². The van der Waals surface area contributed by atoms with Crippen LogP contribution in [0.3, 0.4) is 0 Å². The molecule has 0 atom stereocenters. The third-order valence-corrected chi connectivity index (χ3v) is 2.99. The second kappa shape index (κ2) is 4.75. The van der Waals surface area contributed by atoms with Crippen molar-refractivity contribution in [2.45, 2.75) is 25.7 Å². The van der Waals surface area contributed by atoms with E-state index in [-0.39, 0.29) is 5.91 Å². The van der Waals surface area contributed by atoms with E-state index < -0.39 is 0 Å². The van der Waals surface area contributed by atoms with Gasteiger partial charge < -0.3 is 0 Å². The first kappa shape index (κ1) is 10.6. The minimum atomic E-state index is 0.193. The van der Waals surface area contributed by atoms with Crippen molar-refractivity contribution >= 4 is 27.7 Å². The number of rotatable bonds is 1. The quantitative estimate of drug-likeness (QED) is 0.734. The third kappa shape index (κ3) is 2.56. The number of hydrogen-bond donors (Lipinski definition) is 0. The standard InChI is InChI=1S/C11H13BrN2O/c12-9-5-4-6-10(13-9)14-8-3-1-2-7-11(14)15/h4-6H,1-3,7-8H2. The lowest BCUT2D eigenvalue weighted by molar-refractivity contribution is -0.118. The highest BCUT2D eigenvalue weighted by Gasteiger charge is 2.18. The van der Waals surface area contributed by atoms with Gasteiger partial charge in [0.1, 0.15) is 10.4 Å². The average Bonchev–Trinajstić information content (AvgIpc) is 2.43. The first-order valence-electron chi connectivity index (χ1n) is 5.20. The van der Waals surface area contributed by atoms with Crippen LogP contribution in [0.5, 0.6) is 0 Å². The van der Waals surface area contributed by atoms with Gasteiger partial charge in [-0.25, -0.2) is 4.98 Å². The fraction of sp³-hybridized carbons (Fsp3) is 0.455. The number of aromatic nitrogens is 1. The van der Waals surface area contributed by atoms with Crippen LogP contribution in [0.1, 0.15) is 25.7 Å². The fourth-order valence-corrected chi connectivity index (χ4v) is 2.11. The normalized spacial score (nSPS) is 17.7. The molecule has 2 heterocycles. The number of halogens is 1. The van der Waals surface area contributed by atoms with Gasteiger partial charge in [0.2, 0.25) is 5.91 Å². The highest BCUT2D eigenvalue weighted by atomic mass is 79.9. The summed E-state index contributed by atoms with van der Waals surface area (Å²) in [5.74, 6) is 0.953. The van der Waals surface area contributed by atoms with E-state index in [0.29, 0.717) is 6.42 Å². The van der Waals surface area contributed by atoms with E-state index >= 15 is 0 Å². The van der Waals surface area contributed by atoms with Gasteiger partial charge in [-0.2, -0.15) is 0 Å². The molecule has 0 saturated carbocycles. The molecule has 3 nitrogen and oxygen atoms in total. The molecule has 0 spiro atoms. The molecule has 1 aromatic rings. The Bertz CT molecular complexity index is 367. The summed E-state index contributed by atoms with van der Waals surface area (Å²) in [7, 11) is 0. The summed E-state index contributed by atoms with van der Waals surface area (Å²) in [6, 6.07) is 5.66. The lowest BCUT2D eigenvalue weighted by Crippen LogP contribution is -2.30. The van der Waals surface area contributed by atoms with Crippen molar-refractivity contribution in [3.05, 3.63) is 22.8 Å². The van der Waals surface area contributed by atoms with Crippen LogP contribution in [0.4, 0.5) is 5.82 Å². The summed E-state index contributed by atoms with van der Waals surface area (Å²) < 4.78 is 0.775. The van der Waals surface area contributed by atoms with Gasteiger partial charge in [-0.3, -0.25) is 9.69 Å². The number of amides is 1. The number of nitrogens with zero attached hydrogens (tertiary/aromatic N) is 2. The van der Waals surface area contributed by atoms with Crippen molar-refractivity contribution in [2.75, 3.05) is 11.4 Å². The Morgan fingerprint density at radius 2 is 2.13 bits per heavy atom. The molecular formula is C11H13BrN2O.